The molecule has 0 unspecified atom stereocenters. The first-order valence-corrected chi connectivity index (χ1v) is 7.10. The number of rotatable bonds is 5. The zero-order chi connectivity index (χ0) is 19.1. The first kappa shape index (κ1) is 18.3. The summed E-state index contributed by atoms with van der Waals surface area (Å²) in [6, 6.07) is 11.6. The predicted octanol–water partition coefficient (Wildman–Crippen LogP) is 2.08. The summed E-state index contributed by atoms with van der Waals surface area (Å²) in [4.78, 5) is 33.7. The molecule has 2 aromatic carbocycles. The molecule has 0 fully saturated rings. The normalized spacial score (nSPS) is 11.3. The number of nitrogens with one attached hydrogen (secondary N) is 1. The van der Waals surface area contributed by atoms with Crippen molar-refractivity contribution in [1.29, 1.82) is 0 Å². The van der Waals surface area contributed by atoms with Crippen molar-refractivity contribution in [2.24, 2.45) is 21.1 Å². The number of azo groups is 1. The predicted molar refractivity (Wildman–Crippen MR) is 91.6 cm³/mol. The highest BCUT2D eigenvalue weighted by Gasteiger charge is 2.12. The van der Waals surface area contributed by atoms with Gasteiger partial charge in [-0.05, 0) is 24.3 Å². The second-order valence-electron chi connectivity index (χ2n) is 4.78. The molecule has 0 aliphatic heterocycles. The summed E-state index contributed by atoms with van der Waals surface area (Å²) in [5, 5.41) is 29.1. The van der Waals surface area contributed by atoms with Crippen LogP contribution in [0.15, 0.2) is 63.9 Å². The van der Waals surface area contributed by atoms with Crippen LogP contribution in [0.4, 0.5) is 11.4 Å². The molecule has 0 aliphatic rings. The molecular formula is C16H13N5O5. The molecular weight excluding hydrogens is 342 g/mol. The molecule has 0 heterocycles. The Labute approximate surface area is 146 Å². The Bertz CT molecular complexity index is 923. The number of benzene rings is 2. The van der Waals surface area contributed by atoms with Gasteiger partial charge < -0.3 is 15.9 Å². The third-order valence-corrected chi connectivity index (χ3v) is 3.05. The molecule has 26 heavy (non-hydrogen) atoms. The number of carbonyl (C=O) groups excluding carboxylic acids is 1. The molecule has 2 rings (SSSR count). The third-order valence-electron chi connectivity index (χ3n) is 3.05. The number of aromatic carboxylic acids is 2. The van der Waals surface area contributed by atoms with Crippen molar-refractivity contribution in [3.63, 3.8) is 0 Å². The maximum Gasteiger partial charge on any atom is 0.337 e. The minimum atomic E-state index is -1.22. The minimum Gasteiger partial charge on any atom is -0.478 e. The van der Waals surface area contributed by atoms with Crippen molar-refractivity contribution in [2.45, 2.75) is 0 Å². The number of amidine groups is 1. The van der Waals surface area contributed by atoms with Gasteiger partial charge in [-0.25, -0.2) is 9.59 Å². The highest BCUT2D eigenvalue weighted by Crippen LogP contribution is 2.19. The van der Waals surface area contributed by atoms with E-state index in [1.54, 1.807) is 12.1 Å². The maximum absolute atomic E-state index is 11.4. The van der Waals surface area contributed by atoms with Crippen LogP contribution in [0.1, 0.15) is 20.7 Å². The smallest absolute Gasteiger partial charge is 0.337 e. The molecule has 0 spiro atoms. The fraction of sp³-hybridized carbons (Fsp3) is 0. The van der Waals surface area contributed by atoms with Crippen LogP contribution < -0.4 is 11.2 Å². The zero-order valence-electron chi connectivity index (χ0n) is 13.2. The lowest BCUT2D eigenvalue weighted by atomic mass is 10.2. The molecule has 0 aromatic heterocycles. The van der Waals surface area contributed by atoms with Gasteiger partial charge in [-0.3, -0.25) is 10.2 Å². The molecule has 10 heteroatoms. The standard InChI is InChI=1S/C16H13N5O5/c17-13(22)14(20-18-11-7-3-1-5-9(11)15(23)24)21-19-12-8-4-2-6-10(12)16(25)26/h1-8,18H,(H2,17,22)(H,23,24)(H,25,26). The molecule has 0 bridgehead atoms. The number of carboxylic acid groups (broad SMARTS) is 2. The van der Waals surface area contributed by atoms with Crippen LogP contribution in [0.3, 0.4) is 0 Å². The van der Waals surface area contributed by atoms with Gasteiger partial charge in [0.05, 0.1) is 16.8 Å². The number of carboxylic acids is 2. The van der Waals surface area contributed by atoms with Gasteiger partial charge in [0, 0.05) is 0 Å². The fourth-order valence-electron chi connectivity index (χ4n) is 1.85. The number of hydrogen-bond donors (Lipinski definition) is 4. The number of para-hydroxylation sites is 1. The topological polar surface area (TPSA) is 167 Å². The van der Waals surface area contributed by atoms with Crippen molar-refractivity contribution >= 4 is 35.1 Å². The number of primary amides is 1. The van der Waals surface area contributed by atoms with Crippen molar-refractivity contribution < 1.29 is 24.6 Å². The Morgan fingerprint density at radius 2 is 1.46 bits per heavy atom. The number of nitrogens with zero attached hydrogens (tertiary/aromatic N) is 3. The van der Waals surface area contributed by atoms with Gasteiger partial charge in [0.25, 0.3) is 11.7 Å². The van der Waals surface area contributed by atoms with E-state index in [1.165, 1.54) is 36.4 Å². The summed E-state index contributed by atoms with van der Waals surface area (Å²) in [5.74, 6) is -4.01. The number of amides is 1. The molecule has 132 valence electrons. The summed E-state index contributed by atoms with van der Waals surface area (Å²) in [6.07, 6.45) is 0. The molecule has 5 N–H and O–H groups in total. The lowest BCUT2D eigenvalue weighted by molar-refractivity contribution is -0.112. The van der Waals surface area contributed by atoms with Gasteiger partial charge in [0.15, 0.2) is 0 Å². The van der Waals surface area contributed by atoms with Crippen molar-refractivity contribution in [1.82, 2.24) is 0 Å². The van der Waals surface area contributed by atoms with Gasteiger partial charge in [0.1, 0.15) is 5.69 Å². The molecule has 0 radical (unpaired) electrons. The number of carbonyl (C=O) groups is 3. The van der Waals surface area contributed by atoms with Gasteiger partial charge in [0.2, 0.25) is 0 Å². The number of anilines is 1. The average molecular weight is 355 g/mol. The Morgan fingerprint density at radius 3 is 2.08 bits per heavy atom. The van der Waals surface area contributed by atoms with E-state index in [2.05, 4.69) is 20.8 Å². The summed E-state index contributed by atoms with van der Waals surface area (Å²) in [5.41, 5.74) is 7.46. The van der Waals surface area contributed by atoms with Crippen molar-refractivity contribution in [3.05, 3.63) is 59.7 Å². The first-order valence-electron chi connectivity index (χ1n) is 7.10. The van der Waals surface area contributed by atoms with E-state index in [-0.39, 0.29) is 22.5 Å². The fourth-order valence-corrected chi connectivity index (χ4v) is 1.85. The van der Waals surface area contributed by atoms with E-state index in [9.17, 15) is 14.4 Å². The largest absolute Gasteiger partial charge is 0.478 e. The Kier molecular flexibility index (Phi) is 5.72. The summed E-state index contributed by atoms with van der Waals surface area (Å²) >= 11 is 0. The van der Waals surface area contributed by atoms with E-state index in [1.807, 2.05) is 0 Å². The van der Waals surface area contributed by atoms with E-state index < -0.39 is 23.7 Å². The van der Waals surface area contributed by atoms with Gasteiger partial charge in [-0.1, -0.05) is 24.3 Å². The Morgan fingerprint density at radius 1 is 0.885 bits per heavy atom. The lowest BCUT2D eigenvalue weighted by Crippen LogP contribution is -2.22. The second kappa shape index (κ2) is 8.15. The molecule has 0 aliphatic carbocycles. The van der Waals surface area contributed by atoms with Crippen LogP contribution in [0.25, 0.3) is 0 Å². The van der Waals surface area contributed by atoms with E-state index in [0.717, 1.165) is 0 Å². The number of hydrazone groups is 1. The summed E-state index contributed by atoms with van der Waals surface area (Å²) in [6.45, 7) is 0. The monoisotopic (exact) mass is 355 g/mol. The van der Waals surface area contributed by atoms with E-state index in [0.29, 0.717) is 0 Å². The lowest BCUT2D eigenvalue weighted by Gasteiger charge is -2.04. The molecule has 2 aromatic rings. The highest BCUT2D eigenvalue weighted by molar-refractivity contribution is 6.37. The highest BCUT2D eigenvalue weighted by atomic mass is 16.4. The average Bonchev–Trinajstić information content (AvgIpc) is 2.61. The van der Waals surface area contributed by atoms with Crippen LogP contribution in [-0.4, -0.2) is 33.9 Å². The van der Waals surface area contributed by atoms with Gasteiger partial charge >= 0.3 is 11.9 Å². The first-order chi connectivity index (χ1) is 12.4. The molecule has 0 atom stereocenters. The number of nitrogens with two attached hydrogens (primary N) is 1. The van der Waals surface area contributed by atoms with Crippen LogP contribution in [0.5, 0.6) is 0 Å². The van der Waals surface area contributed by atoms with Crippen molar-refractivity contribution in [2.75, 3.05) is 5.43 Å². The molecule has 0 saturated heterocycles. The molecule has 0 saturated carbocycles. The molecule has 1 amide bonds. The zero-order valence-corrected chi connectivity index (χ0v) is 13.2. The van der Waals surface area contributed by atoms with Crippen LogP contribution in [0.2, 0.25) is 0 Å². The quantitative estimate of drug-likeness (QED) is 0.277. The van der Waals surface area contributed by atoms with Crippen molar-refractivity contribution in [3.8, 4) is 0 Å². The van der Waals surface area contributed by atoms with Gasteiger partial charge in [-0.2, -0.15) is 0 Å². The Balaban J connectivity index is 2.31. The van der Waals surface area contributed by atoms with E-state index in [4.69, 9.17) is 15.9 Å². The van der Waals surface area contributed by atoms with Crippen LogP contribution in [0, 0.1) is 0 Å². The van der Waals surface area contributed by atoms with Gasteiger partial charge in [-0.15, -0.1) is 15.3 Å². The number of hydrogen-bond acceptors (Lipinski definition) is 6. The van der Waals surface area contributed by atoms with E-state index >= 15 is 0 Å². The third kappa shape index (κ3) is 4.47. The minimum absolute atomic E-state index is 0.000105. The summed E-state index contributed by atoms with van der Waals surface area (Å²) < 4.78 is 0. The molecule has 10 nitrogen and oxygen atoms in total. The maximum atomic E-state index is 11.4. The van der Waals surface area contributed by atoms with Crippen LogP contribution in [-0.2, 0) is 4.79 Å². The second-order valence-corrected chi connectivity index (χ2v) is 4.78. The van der Waals surface area contributed by atoms with Crippen LogP contribution >= 0.6 is 0 Å². The Hall–Kier alpha value is -4.08. The SMILES string of the molecule is NC(=O)C(N=Nc1ccccc1C(=O)O)=NNc1ccccc1C(=O)O. The summed E-state index contributed by atoms with van der Waals surface area (Å²) in [7, 11) is 0.